The average molecular weight is 261 g/mol. The minimum absolute atomic E-state index is 0.880. The lowest BCUT2D eigenvalue weighted by Crippen LogP contribution is -2.28. The zero-order valence-electron chi connectivity index (χ0n) is 12.4. The number of aromatic nitrogens is 1. The van der Waals surface area contributed by atoms with Crippen molar-refractivity contribution in [3.63, 3.8) is 0 Å². The molecule has 0 atom stereocenters. The second-order valence-electron chi connectivity index (χ2n) is 5.55. The molecule has 19 heavy (non-hydrogen) atoms. The fraction of sp³-hybridized carbons (Fsp3) is 0.688. The quantitative estimate of drug-likeness (QED) is 0.692. The fourth-order valence-electron chi connectivity index (χ4n) is 2.32. The molecule has 0 bridgehead atoms. The second-order valence-corrected chi connectivity index (χ2v) is 5.55. The van der Waals surface area contributed by atoms with Crippen LogP contribution in [0.1, 0.15) is 45.2 Å². The van der Waals surface area contributed by atoms with E-state index in [4.69, 9.17) is 4.98 Å². The molecule has 106 valence electrons. The summed E-state index contributed by atoms with van der Waals surface area (Å²) in [7, 11) is 0. The molecular formula is C16H27N3. The summed E-state index contributed by atoms with van der Waals surface area (Å²) in [6.45, 7) is 8.68. The standard InChI is InChI=1S/C16H27N3/c1-3-10-17-12-15-6-5-7-16(18-15)19(11-4-2)13-14-8-9-14/h5-7,14,17H,3-4,8-13H2,1-2H3. The van der Waals surface area contributed by atoms with Gasteiger partial charge in [0.2, 0.25) is 0 Å². The van der Waals surface area contributed by atoms with Crippen molar-refractivity contribution >= 4 is 5.82 Å². The highest BCUT2D eigenvalue weighted by Crippen LogP contribution is 2.31. The van der Waals surface area contributed by atoms with Crippen molar-refractivity contribution in [1.82, 2.24) is 10.3 Å². The smallest absolute Gasteiger partial charge is 0.128 e. The number of nitrogens with zero attached hydrogens (tertiary/aromatic N) is 2. The highest BCUT2D eigenvalue weighted by Gasteiger charge is 2.24. The van der Waals surface area contributed by atoms with E-state index in [0.717, 1.165) is 37.1 Å². The summed E-state index contributed by atoms with van der Waals surface area (Å²) in [4.78, 5) is 7.27. The van der Waals surface area contributed by atoms with Crippen molar-refractivity contribution in [2.24, 2.45) is 5.92 Å². The Morgan fingerprint density at radius 3 is 2.79 bits per heavy atom. The molecule has 0 aliphatic heterocycles. The van der Waals surface area contributed by atoms with Crippen molar-refractivity contribution in [3.8, 4) is 0 Å². The highest BCUT2D eigenvalue weighted by molar-refractivity contribution is 5.39. The maximum absolute atomic E-state index is 4.81. The first-order valence-electron chi connectivity index (χ1n) is 7.75. The van der Waals surface area contributed by atoms with Crippen molar-refractivity contribution < 1.29 is 0 Å². The molecule has 2 rings (SSSR count). The molecule has 0 radical (unpaired) electrons. The molecule has 0 aromatic carbocycles. The molecule has 1 fully saturated rings. The van der Waals surface area contributed by atoms with Gasteiger partial charge in [0.15, 0.2) is 0 Å². The molecule has 1 saturated carbocycles. The third-order valence-electron chi connectivity index (χ3n) is 3.52. The Bertz CT molecular complexity index is 374. The molecule has 1 aliphatic carbocycles. The van der Waals surface area contributed by atoms with Gasteiger partial charge in [-0.1, -0.05) is 19.9 Å². The van der Waals surface area contributed by atoms with Gasteiger partial charge in [0, 0.05) is 19.6 Å². The topological polar surface area (TPSA) is 28.2 Å². The molecule has 1 aliphatic rings. The van der Waals surface area contributed by atoms with E-state index in [0.29, 0.717) is 0 Å². The van der Waals surface area contributed by atoms with Gasteiger partial charge in [0.1, 0.15) is 5.82 Å². The number of hydrogen-bond acceptors (Lipinski definition) is 3. The van der Waals surface area contributed by atoms with E-state index in [1.165, 1.54) is 32.2 Å². The lowest BCUT2D eigenvalue weighted by Gasteiger charge is -2.23. The molecule has 3 nitrogen and oxygen atoms in total. The number of hydrogen-bond donors (Lipinski definition) is 1. The van der Waals surface area contributed by atoms with Gasteiger partial charge in [-0.15, -0.1) is 0 Å². The van der Waals surface area contributed by atoms with E-state index >= 15 is 0 Å². The summed E-state index contributed by atoms with van der Waals surface area (Å²) >= 11 is 0. The van der Waals surface area contributed by atoms with Crippen LogP contribution in [0.4, 0.5) is 5.82 Å². The normalized spacial score (nSPS) is 14.6. The molecule has 1 N–H and O–H groups in total. The summed E-state index contributed by atoms with van der Waals surface area (Å²) in [5.41, 5.74) is 1.16. The molecule has 3 heteroatoms. The molecule has 0 unspecified atom stereocenters. The van der Waals surface area contributed by atoms with Gasteiger partial charge in [0.05, 0.1) is 5.69 Å². The summed E-state index contributed by atoms with van der Waals surface area (Å²) < 4.78 is 0. The Labute approximate surface area is 117 Å². The van der Waals surface area contributed by atoms with Gasteiger partial charge in [-0.05, 0) is 50.3 Å². The molecule has 0 amide bonds. The third-order valence-corrected chi connectivity index (χ3v) is 3.52. The maximum Gasteiger partial charge on any atom is 0.128 e. The molecule has 0 saturated heterocycles. The van der Waals surface area contributed by atoms with E-state index in [1.54, 1.807) is 0 Å². The molecular weight excluding hydrogens is 234 g/mol. The van der Waals surface area contributed by atoms with Gasteiger partial charge in [-0.3, -0.25) is 0 Å². The Morgan fingerprint density at radius 2 is 2.11 bits per heavy atom. The number of rotatable bonds is 9. The minimum Gasteiger partial charge on any atom is -0.356 e. The maximum atomic E-state index is 4.81. The van der Waals surface area contributed by atoms with Gasteiger partial charge in [0.25, 0.3) is 0 Å². The van der Waals surface area contributed by atoms with Crippen LogP contribution in [0, 0.1) is 5.92 Å². The van der Waals surface area contributed by atoms with Crippen molar-refractivity contribution in [1.29, 1.82) is 0 Å². The van der Waals surface area contributed by atoms with Gasteiger partial charge in [-0.2, -0.15) is 0 Å². The van der Waals surface area contributed by atoms with E-state index in [-0.39, 0.29) is 0 Å². The second kappa shape index (κ2) is 7.49. The number of nitrogens with one attached hydrogen (secondary N) is 1. The van der Waals surface area contributed by atoms with E-state index < -0.39 is 0 Å². The zero-order valence-corrected chi connectivity index (χ0v) is 12.4. The Hall–Kier alpha value is -1.09. The first-order chi connectivity index (χ1) is 9.33. The van der Waals surface area contributed by atoms with Crippen LogP contribution >= 0.6 is 0 Å². The summed E-state index contributed by atoms with van der Waals surface area (Å²) in [5, 5.41) is 3.42. The van der Waals surface area contributed by atoms with Crippen LogP contribution in [-0.2, 0) is 6.54 Å². The van der Waals surface area contributed by atoms with Gasteiger partial charge >= 0.3 is 0 Å². The van der Waals surface area contributed by atoms with Crippen molar-refractivity contribution in [2.45, 2.75) is 46.1 Å². The molecule has 1 aromatic rings. The summed E-state index contributed by atoms with van der Waals surface area (Å²) in [5.74, 6) is 2.07. The van der Waals surface area contributed by atoms with E-state index in [9.17, 15) is 0 Å². The van der Waals surface area contributed by atoms with Crippen LogP contribution in [0.3, 0.4) is 0 Å². The van der Waals surface area contributed by atoms with Gasteiger partial charge < -0.3 is 10.2 Å². The van der Waals surface area contributed by atoms with Crippen LogP contribution in [0.15, 0.2) is 18.2 Å². The van der Waals surface area contributed by atoms with E-state index in [2.05, 4.69) is 42.3 Å². The zero-order chi connectivity index (χ0) is 13.5. The predicted molar refractivity (Wildman–Crippen MR) is 81.5 cm³/mol. The van der Waals surface area contributed by atoms with Crippen LogP contribution in [0.25, 0.3) is 0 Å². The third kappa shape index (κ3) is 4.83. The first kappa shape index (κ1) is 14.3. The molecule has 1 aromatic heterocycles. The van der Waals surface area contributed by atoms with Crippen LogP contribution in [-0.4, -0.2) is 24.6 Å². The highest BCUT2D eigenvalue weighted by atomic mass is 15.2. The fourth-order valence-corrected chi connectivity index (χ4v) is 2.32. The largest absolute Gasteiger partial charge is 0.356 e. The number of anilines is 1. The monoisotopic (exact) mass is 261 g/mol. The first-order valence-corrected chi connectivity index (χ1v) is 7.75. The summed E-state index contributed by atoms with van der Waals surface area (Å²) in [6, 6.07) is 6.41. The van der Waals surface area contributed by atoms with Crippen molar-refractivity contribution in [2.75, 3.05) is 24.5 Å². The van der Waals surface area contributed by atoms with Crippen LogP contribution in [0.5, 0.6) is 0 Å². The van der Waals surface area contributed by atoms with Crippen LogP contribution in [0.2, 0.25) is 0 Å². The summed E-state index contributed by atoms with van der Waals surface area (Å²) in [6.07, 6.45) is 5.16. The van der Waals surface area contributed by atoms with E-state index in [1.807, 2.05) is 0 Å². The Balaban J connectivity index is 1.97. The lowest BCUT2D eigenvalue weighted by molar-refractivity contribution is 0.657. The average Bonchev–Trinajstić information content (AvgIpc) is 3.23. The predicted octanol–water partition coefficient (Wildman–Crippen LogP) is 3.21. The number of pyridine rings is 1. The van der Waals surface area contributed by atoms with Crippen LogP contribution < -0.4 is 10.2 Å². The Morgan fingerprint density at radius 1 is 1.26 bits per heavy atom. The SMILES string of the molecule is CCCNCc1cccc(N(CCC)CC2CC2)n1. The lowest BCUT2D eigenvalue weighted by atomic mass is 10.3. The van der Waals surface area contributed by atoms with Gasteiger partial charge in [-0.25, -0.2) is 4.98 Å². The minimum atomic E-state index is 0.880. The molecule has 1 heterocycles. The molecule has 0 spiro atoms. The Kier molecular flexibility index (Phi) is 5.64. The van der Waals surface area contributed by atoms with Crippen molar-refractivity contribution in [3.05, 3.63) is 23.9 Å².